The lowest BCUT2D eigenvalue weighted by Crippen LogP contribution is -2.47. The molecule has 1 fully saturated rings. The van der Waals surface area contributed by atoms with E-state index in [1.54, 1.807) is 11.3 Å². The van der Waals surface area contributed by atoms with E-state index in [9.17, 15) is 4.79 Å². The van der Waals surface area contributed by atoms with Crippen molar-refractivity contribution < 1.29 is 4.79 Å². The average molecular weight is 263 g/mol. The molecule has 0 bridgehead atoms. The summed E-state index contributed by atoms with van der Waals surface area (Å²) in [6.45, 7) is 4.58. The summed E-state index contributed by atoms with van der Waals surface area (Å²) in [5.74, 6) is 0.332. The maximum absolute atomic E-state index is 12.0. The van der Waals surface area contributed by atoms with Gasteiger partial charge in [-0.05, 0) is 25.2 Å². The molecule has 1 saturated carbocycles. The van der Waals surface area contributed by atoms with Gasteiger partial charge in [-0.2, -0.15) is 5.26 Å². The molecule has 0 atom stereocenters. The molecular formula is C13H17N3OS. The molecule has 1 heterocycles. The molecule has 1 aromatic rings. The van der Waals surface area contributed by atoms with Crippen molar-refractivity contribution in [3.8, 4) is 6.07 Å². The van der Waals surface area contributed by atoms with Crippen LogP contribution in [0.4, 0.5) is 0 Å². The molecule has 4 nitrogen and oxygen atoms in total. The van der Waals surface area contributed by atoms with Gasteiger partial charge in [-0.3, -0.25) is 4.79 Å². The number of aromatic nitrogens is 1. The van der Waals surface area contributed by atoms with Crippen molar-refractivity contribution in [2.45, 2.75) is 39.7 Å². The molecule has 5 heteroatoms. The van der Waals surface area contributed by atoms with E-state index < -0.39 is 5.41 Å². The minimum absolute atomic E-state index is 0.142. The first-order valence-electron chi connectivity index (χ1n) is 6.23. The van der Waals surface area contributed by atoms with Gasteiger partial charge in [0.15, 0.2) is 0 Å². The number of carbonyl (C=O) groups is 1. The molecule has 0 saturated heterocycles. The Hall–Kier alpha value is -1.41. The normalized spacial score (nSPS) is 26.2. The molecule has 0 radical (unpaired) electrons. The van der Waals surface area contributed by atoms with E-state index in [4.69, 9.17) is 5.26 Å². The highest BCUT2D eigenvalue weighted by atomic mass is 32.1. The fraction of sp³-hybridized carbons (Fsp3) is 0.615. The third kappa shape index (κ3) is 2.39. The third-order valence-corrected chi connectivity index (χ3v) is 4.53. The smallest absolute Gasteiger partial charge is 0.240 e. The van der Waals surface area contributed by atoms with Crippen LogP contribution >= 0.6 is 11.3 Å². The van der Waals surface area contributed by atoms with Gasteiger partial charge in [0, 0.05) is 11.1 Å². The summed E-state index contributed by atoms with van der Waals surface area (Å²) in [5.41, 5.74) is -0.787. The van der Waals surface area contributed by atoms with E-state index in [0.717, 1.165) is 11.4 Å². The largest absolute Gasteiger partial charge is 0.348 e. The van der Waals surface area contributed by atoms with Gasteiger partial charge in [0.1, 0.15) is 10.4 Å². The zero-order chi connectivity index (χ0) is 13.2. The quantitative estimate of drug-likeness (QED) is 0.906. The first kappa shape index (κ1) is 13.0. The Bertz CT molecular complexity index is 483. The monoisotopic (exact) mass is 263 g/mol. The topological polar surface area (TPSA) is 65.8 Å². The predicted octanol–water partition coefficient (Wildman–Crippen LogP) is 2.26. The number of hydrogen-bond acceptors (Lipinski definition) is 4. The second-order valence-electron chi connectivity index (χ2n) is 4.96. The number of carbonyl (C=O) groups excluding carboxylic acids is 1. The Labute approximate surface area is 111 Å². The Balaban J connectivity index is 1.90. The highest BCUT2D eigenvalue weighted by Crippen LogP contribution is 2.45. The number of hydrogen-bond donors (Lipinski definition) is 1. The molecule has 2 rings (SSSR count). The standard InChI is InChI=1S/C13H17N3OS/c1-3-10-6-15-11(18-10)7-16-12(17)13(8-14)4-9(2)5-13/h6,9H,3-5,7H2,1-2H3,(H,16,17). The lowest BCUT2D eigenvalue weighted by Gasteiger charge is -2.39. The molecular weight excluding hydrogens is 246 g/mol. The second-order valence-corrected chi connectivity index (χ2v) is 6.16. The van der Waals surface area contributed by atoms with Crippen molar-refractivity contribution in [2.24, 2.45) is 11.3 Å². The van der Waals surface area contributed by atoms with Crippen LogP contribution in [-0.4, -0.2) is 10.9 Å². The first-order valence-corrected chi connectivity index (χ1v) is 7.04. The first-order chi connectivity index (χ1) is 8.59. The van der Waals surface area contributed by atoms with Gasteiger partial charge in [-0.25, -0.2) is 4.98 Å². The molecule has 1 aromatic heterocycles. The van der Waals surface area contributed by atoms with Crippen molar-refractivity contribution in [1.29, 1.82) is 5.26 Å². The summed E-state index contributed by atoms with van der Waals surface area (Å²) in [5, 5.41) is 12.9. The predicted molar refractivity (Wildman–Crippen MR) is 69.8 cm³/mol. The Kier molecular flexibility index (Phi) is 3.67. The minimum Gasteiger partial charge on any atom is -0.348 e. The molecule has 1 amide bonds. The lowest BCUT2D eigenvalue weighted by atomic mass is 9.63. The molecule has 18 heavy (non-hydrogen) atoms. The van der Waals surface area contributed by atoms with Crippen LogP contribution in [0.5, 0.6) is 0 Å². The van der Waals surface area contributed by atoms with Crippen molar-refractivity contribution in [2.75, 3.05) is 0 Å². The Morgan fingerprint density at radius 3 is 2.94 bits per heavy atom. The minimum atomic E-state index is -0.787. The molecule has 0 spiro atoms. The number of amides is 1. The average Bonchev–Trinajstić information content (AvgIpc) is 2.79. The van der Waals surface area contributed by atoms with Crippen LogP contribution in [-0.2, 0) is 17.8 Å². The van der Waals surface area contributed by atoms with E-state index in [2.05, 4.69) is 30.2 Å². The van der Waals surface area contributed by atoms with E-state index in [1.165, 1.54) is 4.88 Å². The highest BCUT2D eigenvalue weighted by Gasteiger charge is 2.48. The number of aryl methyl sites for hydroxylation is 1. The van der Waals surface area contributed by atoms with E-state index in [-0.39, 0.29) is 5.91 Å². The van der Waals surface area contributed by atoms with Crippen molar-refractivity contribution in [3.63, 3.8) is 0 Å². The van der Waals surface area contributed by atoms with Crippen molar-refractivity contribution in [3.05, 3.63) is 16.1 Å². The van der Waals surface area contributed by atoms with Gasteiger partial charge in [-0.15, -0.1) is 11.3 Å². The summed E-state index contributed by atoms with van der Waals surface area (Å²) >= 11 is 1.61. The van der Waals surface area contributed by atoms with Crippen LogP contribution in [0.15, 0.2) is 6.20 Å². The SMILES string of the molecule is CCc1cnc(CNC(=O)C2(C#N)CC(C)C2)s1. The number of nitrogens with zero attached hydrogens (tertiary/aromatic N) is 2. The number of thiazole rings is 1. The Morgan fingerprint density at radius 1 is 1.72 bits per heavy atom. The lowest BCUT2D eigenvalue weighted by molar-refractivity contribution is -0.134. The third-order valence-electron chi connectivity index (χ3n) is 3.39. The summed E-state index contributed by atoms with van der Waals surface area (Å²) < 4.78 is 0. The maximum Gasteiger partial charge on any atom is 0.240 e. The van der Waals surface area contributed by atoms with Crippen LogP contribution in [0.1, 0.15) is 36.6 Å². The summed E-state index contributed by atoms with van der Waals surface area (Å²) in [6.07, 6.45) is 4.16. The number of nitriles is 1. The van der Waals surface area contributed by atoms with Gasteiger partial charge < -0.3 is 5.32 Å². The van der Waals surface area contributed by atoms with Gasteiger partial charge in [0.2, 0.25) is 5.91 Å². The van der Waals surface area contributed by atoms with Crippen LogP contribution in [0, 0.1) is 22.7 Å². The van der Waals surface area contributed by atoms with Crippen molar-refractivity contribution >= 4 is 17.2 Å². The van der Waals surface area contributed by atoms with Crippen LogP contribution in [0.3, 0.4) is 0 Å². The zero-order valence-electron chi connectivity index (χ0n) is 10.7. The molecule has 0 aliphatic heterocycles. The van der Waals surface area contributed by atoms with E-state index in [1.807, 2.05) is 6.20 Å². The molecule has 96 valence electrons. The number of rotatable bonds is 4. The van der Waals surface area contributed by atoms with Crippen LogP contribution < -0.4 is 5.32 Å². The summed E-state index contributed by atoms with van der Waals surface area (Å²) in [4.78, 5) is 17.5. The van der Waals surface area contributed by atoms with Crippen molar-refractivity contribution in [1.82, 2.24) is 10.3 Å². The van der Waals surface area contributed by atoms with E-state index in [0.29, 0.717) is 25.3 Å². The van der Waals surface area contributed by atoms with Crippen LogP contribution in [0.2, 0.25) is 0 Å². The summed E-state index contributed by atoms with van der Waals surface area (Å²) in [7, 11) is 0. The molecule has 1 N–H and O–H groups in total. The van der Waals surface area contributed by atoms with Gasteiger partial charge in [0.05, 0.1) is 12.6 Å². The second kappa shape index (κ2) is 5.07. The fourth-order valence-electron chi connectivity index (χ4n) is 2.38. The van der Waals surface area contributed by atoms with Gasteiger partial charge in [0.25, 0.3) is 0 Å². The fourth-order valence-corrected chi connectivity index (χ4v) is 3.18. The van der Waals surface area contributed by atoms with E-state index >= 15 is 0 Å². The molecule has 0 unspecified atom stereocenters. The number of nitrogens with one attached hydrogen (secondary N) is 1. The molecule has 1 aliphatic rings. The Morgan fingerprint density at radius 2 is 2.44 bits per heavy atom. The van der Waals surface area contributed by atoms with Gasteiger partial charge in [-0.1, -0.05) is 13.8 Å². The van der Waals surface area contributed by atoms with Crippen LogP contribution in [0.25, 0.3) is 0 Å². The zero-order valence-corrected chi connectivity index (χ0v) is 11.5. The molecule has 1 aliphatic carbocycles. The highest BCUT2D eigenvalue weighted by molar-refractivity contribution is 7.11. The van der Waals surface area contributed by atoms with Gasteiger partial charge >= 0.3 is 0 Å². The maximum atomic E-state index is 12.0. The molecule has 0 aromatic carbocycles. The summed E-state index contributed by atoms with van der Waals surface area (Å²) in [6, 6.07) is 2.17.